The van der Waals surface area contributed by atoms with Crippen LogP contribution in [0.25, 0.3) is 0 Å². The molecule has 3 rings (SSSR count). The zero-order valence-corrected chi connectivity index (χ0v) is 18.2. The number of rotatable bonds is 5. The Hall–Kier alpha value is -1.37. The predicted octanol–water partition coefficient (Wildman–Crippen LogP) is 3.59. The lowest BCUT2D eigenvalue weighted by molar-refractivity contribution is -0.164. The van der Waals surface area contributed by atoms with Gasteiger partial charge in [-0.1, -0.05) is 24.3 Å². The summed E-state index contributed by atoms with van der Waals surface area (Å²) in [6, 6.07) is 8.48. The Morgan fingerprint density at radius 1 is 1.07 bits per heavy atom. The lowest BCUT2D eigenvalue weighted by Gasteiger charge is -2.35. The van der Waals surface area contributed by atoms with Crippen molar-refractivity contribution >= 4 is 18.6 Å². The molecule has 1 heterocycles. The van der Waals surface area contributed by atoms with E-state index in [-0.39, 0.29) is 37.0 Å². The first-order chi connectivity index (χ1) is 12.9. The Morgan fingerprint density at radius 2 is 1.61 bits per heavy atom. The van der Waals surface area contributed by atoms with Gasteiger partial charge >= 0.3 is 13.1 Å². The maximum absolute atomic E-state index is 11.7. The highest BCUT2D eigenvalue weighted by molar-refractivity contribution is 6.62. The van der Waals surface area contributed by atoms with Gasteiger partial charge in [0.15, 0.2) is 0 Å². The highest BCUT2D eigenvalue weighted by Gasteiger charge is 2.51. The molecule has 0 bridgehead atoms. The molecule has 0 radical (unpaired) electrons. The minimum Gasteiger partial charge on any atom is -0.458 e. The van der Waals surface area contributed by atoms with Gasteiger partial charge in [-0.15, -0.1) is 0 Å². The van der Waals surface area contributed by atoms with Crippen LogP contribution in [0.1, 0.15) is 72.8 Å². The molecule has 1 aromatic carbocycles. The second-order valence-corrected chi connectivity index (χ2v) is 9.94. The Labute approximate surface area is 169 Å². The Balaban J connectivity index is 1.47. The van der Waals surface area contributed by atoms with E-state index >= 15 is 0 Å². The molecule has 0 unspecified atom stereocenters. The molecular formula is C22H33BO5. The van der Waals surface area contributed by atoms with E-state index in [4.69, 9.17) is 18.8 Å². The lowest BCUT2D eigenvalue weighted by atomic mass is 9.74. The van der Waals surface area contributed by atoms with Crippen LogP contribution >= 0.6 is 0 Å². The smallest absolute Gasteiger partial charge is 0.458 e. The third-order valence-electron chi connectivity index (χ3n) is 5.89. The summed E-state index contributed by atoms with van der Waals surface area (Å²) in [5.41, 5.74) is 1.20. The second-order valence-electron chi connectivity index (χ2n) is 9.94. The average Bonchev–Trinajstić information content (AvgIpc) is 2.72. The fourth-order valence-electron chi connectivity index (χ4n) is 3.44. The van der Waals surface area contributed by atoms with Gasteiger partial charge in [0.05, 0.1) is 17.3 Å². The lowest BCUT2D eigenvalue weighted by Crippen LogP contribution is -2.41. The van der Waals surface area contributed by atoms with E-state index in [1.165, 1.54) is 5.56 Å². The molecule has 0 aromatic heterocycles. The van der Waals surface area contributed by atoms with Crippen LogP contribution in [-0.4, -0.2) is 42.6 Å². The zero-order valence-electron chi connectivity index (χ0n) is 18.2. The van der Waals surface area contributed by atoms with Gasteiger partial charge in [0.2, 0.25) is 0 Å². The monoisotopic (exact) mass is 388 g/mol. The molecular weight excluding hydrogens is 355 g/mol. The molecule has 0 spiro atoms. The molecule has 0 atom stereocenters. The summed E-state index contributed by atoms with van der Waals surface area (Å²) in [4.78, 5) is 11.7. The van der Waals surface area contributed by atoms with Gasteiger partial charge in [0, 0.05) is 0 Å². The SMILES string of the molecule is CC(C)(C)OC(=O)COC1CC(c2ccc(B3OC(C)(C)C(C)(C)O3)cc2)C1. The molecule has 1 aliphatic carbocycles. The van der Waals surface area contributed by atoms with Crippen molar-refractivity contribution in [1.82, 2.24) is 0 Å². The molecule has 28 heavy (non-hydrogen) atoms. The van der Waals surface area contributed by atoms with Crippen LogP contribution in [0.2, 0.25) is 0 Å². The van der Waals surface area contributed by atoms with Crippen molar-refractivity contribution in [2.45, 2.75) is 90.1 Å². The molecule has 0 amide bonds. The molecule has 1 aromatic rings. The molecule has 6 heteroatoms. The quantitative estimate of drug-likeness (QED) is 0.570. The zero-order chi connectivity index (χ0) is 20.7. The van der Waals surface area contributed by atoms with Gasteiger partial charge in [0.1, 0.15) is 12.2 Å². The van der Waals surface area contributed by atoms with Crippen molar-refractivity contribution in [2.75, 3.05) is 6.61 Å². The first kappa shape index (κ1) is 21.3. The van der Waals surface area contributed by atoms with Gasteiger partial charge in [-0.25, -0.2) is 4.79 Å². The van der Waals surface area contributed by atoms with Crippen molar-refractivity contribution in [3.8, 4) is 0 Å². The van der Waals surface area contributed by atoms with Crippen molar-refractivity contribution < 1.29 is 23.6 Å². The number of hydrogen-bond donors (Lipinski definition) is 0. The molecule has 1 saturated heterocycles. The third kappa shape index (κ3) is 4.78. The topological polar surface area (TPSA) is 54.0 Å². The normalized spacial score (nSPS) is 26.0. The summed E-state index contributed by atoms with van der Waals surface area (Å²) in [6.07, 6.45) is 1.98. The largest absolute Gasteiger partial charge is 0.494 e. The number of hydrogen-bond acceptors (Lipinski definition) is 5. The van der Waals surface area contributed by atoms with Crippen molar-refractivity contribution in [3.05, 3.63) is 29.8 Å². The maximum atomic E-state index is 11.7. The summed E-state index contributed by atoms with van der Waals surface area (Å²) >= 11 is 0. The number of esters is 1. The predicted molar refractivity (Wildman–Crippen MR) is 110 cm³/mol. The Bertz CT molecular complexity index is 683. The van der Waals surface area contributed by atoms with Crippen LogP contribution in [0.5, 0.6) is 0 Å². The van der Waals surface area contributed by atoms with E-state index in [0.29, 0.717) is 5.92 Å². The minimum absolute atomic E-state index is 0.0233. The molecule has 5 nitrogen and oxygen atoms in total. The third-order valence-corrected chi connectivity index (χ3v) is 5.89. The van der Waals surface area contributed by atoms with Crippen LogP contribution in [0.4, 0.5) is 0 Å². The van der Waals surface area contributed by atoms with Gasteiger partial charge in [-0.2, -0.15) is 0 Å². The van der Waals surface area contributed by atoms with Crippen LogP contribution < -0.4 is 5.46 Å². The molecule has 2 fully saturated rings. The van der Waals surface area contributed by atoms with Crippen LogP contribution in [0, 0.1) is 0 Å². The van der Waals surface area contributed by atoms with E-state index in [1.54, 1.807) is 0 Å². The second kappa shape index (κ2) is 7.47. The minimum atomic E-state index is -0.471. The first-order valence-electron chi connectivity index (χ1n) is 10.2. The number of ether oxygens (including phenoxy) is 2. The number of benzene rings is 1. The molecule has 1 saturated carbocycles. The van der Waals surface area contributed by atoms with E-state index in [9.17, 15) is 4.79 Å². The van der Waals surface area contributed by atoms with E-state index < -0.39 is 5.60 Å². The summed E-state index contributed by atoms with van der Waals surface area (Å²) in [7, 11) is -0.328. The van der Waals surface area contributed by atoms with Crippen molar-refractivity contribution in [1.29, 1.82) is 0 Å². The van der Waals surface area contributed by atoms with Gasteiger partial charge in [-0.3, -0.25) is 0 Å². The molecule has 1 aliphatic heterocycles. The van der Waals surface area contributed by atoms with Gasteiger partial charge in [-0.05, 0) is 78.3 Å². The number of carbonyl (C=O) groups is 1. The highest BCUT2D eigenvalue weighted by Crippen LogP contribution is 2.39. The summed E-state index contributed by atoms with van der Waals surface area (Å²) in [5.74, 6) is 0.165. The standard InChI is InChI=1S/C22H33BO5/c1-20(2,3)26-19(24)14-25-18-12-16(13-18)15-8-10-17(11-9-15)23-27-21(4,5)22(6,7)28-23/h8-11,16,18H,12-14H2,1-7H3. The van der Waals surface area contributed by atoms with E-state index in [1.807, 2.05) is 20.8 Å². The molecule has 154 valence electrons. The van der Waals surface area contributed by atoms with Crippen LogP contribution in [0.3, 0.4) is 0 Å². The fourth-order valence-corrected chi connectivity index (χ4v) is 3.44. The maximum Gasteiger partial charge on any atom is 0.494 e. The van der Waals surface area contributed by atoms with Crippen LogP contribution in [0.15, 0.2) is 24.3 Å². The van der Waals surface area contributed by atoms with Crippen molar-refractivity contribution in [3.63, 3.8) is 0 Å². The summed E-state index contributed by atoms with van der Waals surface area (Å²) < 4.78 is 23.2. The Kier molecular flexibility index (Phi) is 5.70. The molecule has 2 aliphatic rings. The highest BCUT2D eigenvalue weighted by atomic mass is 16.7. The van der Waals surface area contributed by atoms with Gasteiger partial charge in [0.25, 0.3) is 0 Å². The fraction of sp³-hybridized carbons (Fsp3) is 0.682. The average molecular weight is 388 g/mol. The summed E-state index contributed by atoms with van der Waals surface area (Å²) in [6.45, 7) is 13.9. The summed E-state index contributed by atoms with van der Waals surface area (Å²) in [5, 5.41) is 0. The van der Waals surface area contributed by atoms with Crippen LogP contribution in [-0.2, 0) is 23.6 Å². The first-order valence-corrected chi connectivity index (χ1v) is 10.2. The van der Waals surface area contributed by atoms with Crippen molar-refractivity contribution in [2.24, 2.45) is 0 Å². The van der Waals surface area contributed by atoms with E-state index in [2.05, 4.69) is 52.0 Å². The molecule has 0 N–H and O–H groups in total. The Morgan fingerprint density at radius 3 is 2.11 bits per heavy atom. The van der Waals surface area contributed by atoms with E-state index in [0.717, 1.165) is 18.3 Å². The van der Waals surface area contributed by atoms with Gasteiger partial charge < -0.3 is 18.8 Å². The number of carbonyl (C=O) groups excluding carboxylic acids is 1.